The Hall–Kier alpha value is -1.81. The monoisotopic (exact) mass is 335 g/mol. The molecule has 2 N–H and O–H groups in total. The highest BCUT2D eigenvalue weighted by Crippen LogP contribution is 2.17. The average Bonchev–Trinajstić information content (AvgIpc) is 2.56. The molecule has 0 aliphatic carbocycles. The number of rotatable bonds is 9. The zero-order valence-corrected chi connectivity index (χ0v) is 16.9. The fraction of sp³-hybridized carbons (Fsp3) is 0.550. The largest absolute Gasteiger partial charge is 0.364 e. The molecule has 0 saturated heterocycles. The summed E-state index contributed by atoms with van der Waals surface area (Å²) in [5.41, 5.74) is 5.03. The molecule has 1 atom stereocenters. The van der Waals surface area contributed by atoms with E-state index in [9.17, 15) is 4.79 Å². The number of hydrogen-bond donors (Lipinski definition) is 2. The average molecular weight is 336 g/mol. The molecule has 0 saturated carbocycles. The Balaban J connectivity index is 0. The normalized spacial score (nSPS) is 14.0. The highest BCUT2D eigenvalue weighted by Gasteiger charge is 2.19. The Kier molecular flexibility index (Phi) is 13.9. The van der Waals surface area contributed by atoms with E-state index in [-0.39, 0.29) is 11.8 Å². The van der Waals surface area contributed by atoms with Gasteiger partial charge in [0.05, 0.1) is 6.04 Å². The van der Waals surface area contributed by atoms with Crippen molar-refractivity contribution in [2.45, 2.75) is 54.0 Å². The number of carbonyl (C=O) groups is 1. The summed E-state index contributed by atoms with van der Waals surface area (Å²) in [4.78, 5) is 11.8. The van der Waals surface area contributed by atoms with E-state index < -0.39 is 0 Å². The van der Waals surface area contributed by atoms with E-state index in [4.69, 9.17) is 0 Å². The Morgan fingerprint density at radius 1 is 1.21 bits per heavy atom. The molecule has 0 radical (unpaired) electrons. The van der Waals surface area contributed by atoms with E-state index in [1.807, 2.05) is 46.0 Å². The topological polar surface area (TPSA) is 44.4 Å². The zero-order valence-electron chi connectivity index (χ0n) is 16.9. The van der Waals surface area contributed by atoms with E-state index in [1.165, 1.54) is 5.57 Å². The standard InChI is InChI=1S/C18H33N3O.C2H4/c1-9-11-16(10-2)17(12-13(3)4)20-18(21(8)19-7)14(5)15(6)22;1-2/h9-11,13,17,19-20H,12H2,1-8H3;1-2H2/b11-9-,16-10+,18-14+;/t17-;/m1./s1. The van der Waals surface area contributed by atoms with Crippen molar-refractivity contribution in [2.75, 3.05) is 14.1 Å². The van der Waals surface area contributed by atoms with Crippen molar-refractivity contribution in [3.63, 3.8) is 0 Å². The molecular formula is C20H37N3O. The smallest absolute Gasteiger partial charge is 0.159 e. The number of nitrogens with one attached hydrogen (secondary N) is 2. The molecule has 24 heavy (non-hydrogen) atoms. The zero-order chi connectivity index (χ0) is 19.3. The van der Waals surface area contributed by atoms with Crippen LogP contribution in [0, 0.1) is 5.92 Å². The molecule has 0 aliphatic rings. The van der Waals surface area contributed by atoms with Gasteiger partial charge in [-0.3, -0.25) is 9.80 Å². The summed E-state index contributed by atoms with van der Waals surface area (Å²) in [6.07, 6.45) is 7.30. The quantitative estimate of drug-likeness (QED) is 0.287. The molecule has 0 aromatic carbocycles. The lowest BCUT2D eigenvalue weighted by molar-refractivity contribution is -0.113. The van der Waals surface area contributed by atoms with Gasteiger partial charge >= 0.3 is 0 Å². The third kappa shape index (κ3) is 8.73. The van der Waals surface area contributed by atoms with Crippen LogP contribution in [-0.4, -0.2) is 30.9 Å². The Morgan fingerprint density at radius 2 is 1.75 bits per heavy atom. The third-order valence-corrected chi connectivity index (χ3v) is 3.67. The van der Waals surface area contributed by atoms with Crippen molar-refractivity contribution in [2.24, 2.45) is 5.92 Å². The van der Waals surface area contributed by atoms with Gasteiger partial charge in [0.25, 0.3) is 0 Å². The Labute approximate surface area is 149 Å². The van der Waals surface area contributed by atoms with Gasteiger partial charge in [-0.1, -0.05) is 32.1 Å². The molecule has 0 amide bonds. The van der Waals surface area contributed by atoms with Gasteiger partial charge in [-0.25, -0.2) is 5.43 Å². The second-order valence-corrected chi connectivity index (χ2v) is 5.93. The SMILES string of the molecule is C/C=C\C(=C/C)[C@@H](CC(C)C)N/C(=C(/C)C(C)=O)N(C)NC.C=C. The first-order valence-electron chi connectivity index (χ1n) is 8.46. The molecule has 0 aromatic heterocycles. The van der Waals surface area contributed by atoms with Gasteiger partial charge in [-0.2, -0.15) is 0 Å². The summed E-state index contributed by atoms with van der Waals surface area (Å²) in [5.74, 6) is 1.45. The van der Waals surface area contributed by atoms with Crippen molar-refractivity contribution in [1.29, 1.82) is 0 Å². The maximum absolute atomic E-state index is 11.8. The summed E-state index contributed by atoms with van der Waals surface area (Å²) in [6.45, 7) is 17.9. The number of ketones is 1. The van der Waals surface area contributed by atoms with Gasteiger partial charge in [0, 0.05) is 19.7 Å². The predicted molar refractivity (Wildman–Crippen MR) is 106 cm³/mol. The van der Waals surface area contributed by atoms with Gasteiger partial charge in [-0.05, 0) is 45.6 Å². The molecule has 138 valence electrons. The Morgan fingerprint density at radius 3 is 2.08 bits per heavy atom. The van der Waals surface area contributed by atoms with E-state index >= 15 is 0 Å². The summed E-state index contributed by atoms with van der Waals surface area (Å²) in [5, 5.41) is 5.41. The maximum atomic E-state index is 11.8. The van der Waals surface area contributed by atoms with Crippen LogP contribution in [-0.2, 0) is 4.79 Å². The van der Waals surface area contributed by atoms with Crippen LogP contribution in [0.3, 0.4) is 0 Å². The Bertz CT molecular complexity index is 462. The van der Waals surface area contributed by atoms with Crippen molar-refractivity contribution in [1.82, 2.24) is 15.8 Å². The first kappa shape index (κ1) is 24.4. The predicted octanol–water partition coefficient (Wildman–Crippen LogP) is 4.20. The van der Waals surface area contributed by atoms with Gasteiger partial charge in [0.15, 0.2) is 5.78 Å². The minimum atomic E-state index is 0.0703. The summed E-state index contributed by atoms with van der Waals surface area (Å²) >= 11 is 0. The molecular weight excluding hydrogens is 298 g/mol. The number of allylic oxidation sites excluding steroid dienone is 3. The summed E-state index contributed by atoms with van der Waals surface area (Å²) in [6, 6.07) is 0.168. The molecule has 0 bridgehead atoms. The van der Waals surface area contributed by atoms with Crippen molar-refractivity contribution in [3.05, 3.63) is 48.4 Å². The second kappa shape index (κ2) is 13.6. The highest BCUT2D eigenvalue weighted by atomic mass is 16.1. The van der Waals surface area contributed by atoms with Gasteiger partial charge < -0.3 is 5.32 Å². The molecule has 0 fully saturated rings. The number of hydrogen-bond acceptors (Lipinski definition) is 4. The van der Waals surface area contributed by atoms with Gasteiger partial charge in [0.2, 0.25) is 0 Å². The molecule has 0 spiro atoms. The molecule has 4 nitrogen and oxygen atoms in total. The minimum Gasteiger partial charge on any atom is -0.364 e. The molecule has 0 rings (SSSR count). The van der Waals surface area contributed by atoms with Crippen LogP contribution >= 0.6 is 0 Å². The fourth-order valence-corrected chi connectivity index (χ4v) is 2.26. The fourth-order valence-electron chi connectivity index (χ4n) is 2.26. The number of Topliss-reactive ketones (excluding diaryl/α,β-unsaturated/α-hetero) is 1. The molecule has 0 unspecified atom stereocenters. The van der Waals surface area contributed by atoms with Crippen LogP contribution in [0.1, 0.15) is 48.0 Å². The summed E-state index contributed by atoms with van der Waals surface area (Å²) in [7, 11) is 3.75. The van der Waals surface area contributed by atoms with Crippen molar-refractivity contribution >= 4 is 5.78 Å². The van der Waals surface area contributed by atoms with E-state index in [0.29, 0.717) is 5.92 Å². The van der Waals surface area contributed by atoms with E-state index in [1.54, 1.807) is 6.92 Å². The lowest BCUT2D eigenvalue weighted by Crippen LogP contribution is -2.43. The van der Waals surface area contributed by atoms with Gasteiger partial charge in [-0.15, -0.1) is 13.2 Å². The molecule has 4 heteroatoms. The molecule has 0 heterocycles. The van der Waals surface area contributed by atoms with Gasteiger partial charge in [0.1, 0.15) is 5.82 Å². The van der Waals surface area contributed by atoms with Crippen molar-refractivity contribution < 1.29 is 4.79 Å². The first-order chi connectivity index (χ1) is 11.3. The number of hydrazine groups is 1. The third-order valence-electron chi connectivity index (χ3n) is 3.67. The van der Waals surface area contributed by atoms with Crippen LogP contribution in [0.25, 0.3) is 0 Å². The summed E-state index contributed by atoms with van der Waals surface area (Å²) < 4.78 is 0. The van der Waals surface area contributed by atoms with E-state index in [0.717, 1.165) is 17.8 Å². The minimum absolute atomic E-state index is 0.0703. The first-order valence-corrected chi connectivity index (χ1v) is 8.46. The van der Waals surface area contributed by atoms with Crippen LogP contribution < -0.4 is 10.7 Å². The lowest BCUT2D eigenvalue weighted by atomic mass is 9.96. The number of nitrogens with zero attached hydrogens (tertiary/aromatic N) is 1. The molecule has 0 aromatic rings. The molecule has 0 aliphatic heterocycles. The van der Waals surface area contributed by atoms with Crippen molar-refractivity contribution in [3.8, 4) is 0 Å². The maximum Gasteiger partial charge on any atom is 0.159 e. The van der Waals surface area contributed by atoms with Crippen LogP contribution in [0.5, 0.6) is 0 Å². The highest BCUT2D eigenvalue weighted by molar-refractivity contribution is 5.93. The second-order valence-electron chi connectivity index (χ2n) is 5.93. The van der Waals surface area contributed by atoms with Crippen LogP contribution in [0.2, 0.25) is 0 Å². The number of carbonyl (C=O) groups excluding carboxylic acids is 1. The van der Waals surface area contributed by atoms with Crippen LogP contribution in [0.15, 0.2) is 48.4 Å². The van der Waals surface area contributed by atoms with E-state index in [2.05, 4.69) is 49.9 Å². The lowest BCUT2D eigenvalue weighted by Gasteiger charge is -2.30. The van der Waals surface area contributed by atoms with Crippen LogP contribution in [0.4, 0.5) is 0 Å².